The molecule has 0 fully saturated rings. The van der Waals surface area contributed by atoms with Gasteiger partial charge in [-0.3, -0.25) is 4.79 Å². The van der Waals surface area contributed by atoms with Crippen molar-refractivity contribution in [3.8, 4) is 11.5 Å². The van der Waals surface area contributed by atoms with Crippen LogP contribution in [0.5, 0.6) is 11.5 Å². The molecule has 0 saturated heterocycles. The van der Waals surface area contributed by atoms with Crippen molar-refractivity contribution >= 4 is 17.9 Å². The van der Waals surface area contributed by atoms with E-state index in [0.717, 1.165) is 0 Å². The minimum Gasteiger partial charge on any atom is -0.507 e. The molecular formula is C9H9ClO4. The van der Waals surface area contributed by atoms with Crippen molar-refractivity contribution in [1.29, 1.82) is 0 Å². The summed E-state index contributed by atoms with van der Waals surface area (Å²) in [4.78, 5) is 10.4. The number of rotatable bonds is 4. The van der Waals surface area contributed by atoms with Crippen LogP contribution >= 0.6 is 11.6 Å². The molecule has 0 saturated carbocycles. The number of carbonyl (C=O) groups excluding carboxylic acids is 1. The summed E-state index contributed by atoms with van der Waals surface area (Å²) in [6.45, 7) is 0.0274. The molecule has 0 aliphatic heterocycles. The SMILES string of the molecule is COCOc1cc(O)c(C=O)cc1Cl. The average Bonchev–Trinajstić information content (AvgIpc) is 2.18. The molecule has 0 spiro atoms. The lowest BCUT2D eigenvalue weighted by atomic mass is 10.2. The van der Waals surface area contributed by atoms with Crippen LogP contribution < -0.4 is 4.74 Å². The van der Waals surface area contributed by atoms with Gasteiger partial charge in [0.05, 0.1) is 10.6 Å². The summed E-state index contributed by atoms with van der Waals surface area (Å²) in [5.74, 6) is 0.104. The fraction of sp³-hybridized carbons (Fsp3) is 0.222. The minimum atomic E-state index is -0.171. The number of phenolic OH excluding ortho intramolecular Hbond substituents is 1. The maximum Gasteiger partial charge on any atom is 0.188 e. The van der Waals surface area contributed by atoms with Crippen molar-refractivity contribution in [3.05, 3.63) is 22.7 Å². The molecule has 0 aliphatic carbocycles. The van der Waals surface area contributed by atoms with Crippen LogP contribution in [0.25, 0.3) is 0 Å². The second kappa shape index (κ2) is 4.83. The number of ether oxygens (including phenoxy) is 2. The van der Waals surface area contributed by atoms with E-state index in [4.69, 9.17) is 16.3 Å². The normalized spacial score (nSPS) is 9.86. The molecule has 1 aromatic carbocycles. The Morgan fingerprint density at radius 1 is 1.57 bits per heavy atom. The summed E-state index contributed by atoms with van der Waals surface area (Å²) in [7, 11) is 1.47. The zero-order valence-electron chi connectivity index (χ0n) is 7.49. The van der Waals surface area contributed by atoms with E-state index >= 15 is 0 Å². The van der Waals surface area contributed by atoms with Gasteiger partial charge >= 0.3 is 0 Å². The van der Waals surface area contributed by atoms with Gasteiger partial charge in [-0.15, -0.1) is 0 Å². The van der Waals surface area contributed by atoms with Crippen molar-refractivity contribution in [2.45, 2.75) is 0 Å². The highest BCUT2D eigenvalue weighted by molar-refractivity contribution is 6.32. The lowest BCUT2D eigenvalue weighted by molar-refractivity contribution is 0.0510. The molecule has 5 heteroatoms. The number of aromatic hydroxyl groups is 1. The van der Waals surface area contributed by atoms with Gasteiger partial charge in [0.25, 0.3) is 0 Å². The number of benzene rings is 1. The van der Waals surface area contributed by atoms with Gasteiger partial charge in [-0.2, -0.15) is 0 Å². The van der Waals surface area contributed by atoms with E-state index in [0.29, 0.717) is 6.29 Å². The lowest BCUT2D eigenvalue weighted by Crippen LogP contribution is -1.99. The summed E-state index contributed by atoms with van der Waals surface area (Å²) < 4.78 is 9.70. The summed E-state index contributed by atoms with van der Waals surface area (Å²) in [5.41, 5.74) is 0.125. The summed E-state index contributed by atoms with van der Waals surface area (Å²) >= 11 is 5.77. The largest absolute Gasteiger partial charge is 0.507 e. The van der Waals surface area contributed by atoms with Gasteiger partial charge in [-0.25, -0.2) is 0 Å². The monoisotopic (exact) mass is 216 g/mol. The van der Waals surface area contributed by atoms with Crippen molar-refractivity contribution < 1.29 is 19.4 Å². The number of halogens is 1. The predicted octanol–water partition coefficient (Wildman–Crippen LogP) is 1.84. The Balaban J connectivity index is 2.96. The predicted molar refractivity (Wildman–Crippen MR) is 51.0 cm³/mol. The fourth-order valence-electron chi connectivity index (χ4n) is 0.885. The molecule has 0 aromatic heterocycles. The number of aldehydes is 1. The highest BCUT2D eigenvalue weighted by atomic mass is 35.5. The van der Waals surface area contributed by atoms with Gasteiger partial charge in [0.1, 0.15) is 11.5 Å². The minimum absolute atomic E-state index is 0.0274. The lowest BCUT2D eigenvalue weighted by Gasteiger charge is -2.07. The molecule has 0 radical (unpaired) electrons. The molecule has 1 N–H and O–H groups in total. The summed E-state index contributed by atoms with van der Waals surface area (Å²) in [6, 6.07) is 2.60. The highest BCUT2D eigenvalue weighted by Crippen LogP contribution is 2.31. The van der Waals surface area contributed by atoms with E-state index in [-0.39, 0.29) is 28.9 Å². The highest BCUT2D eigenvalue weighted by Gasteiger charge is 2.08. The second-order valence-corrected chi connectivity index (χ2v) is 2.92. The third-order valence-corrected chi connectivity index (χ3v) is 1.84. The van der Waals surface area contributed by atoms with Crippen LogP contribution in [0.4, 0.5) is 0 Å². The van der Waals surface area contributed by atoms with Gasteiger partial charge in [0.2, 0.25) is 0 Å². The van der Waals surface area contributed by atoms with Crippen LogP contribution in [0.15, 0.2) is 12.1 Å². The quantitative estimate of drug-likeness (QED) is 0.616. The molecule has 0 heterocycles. The average molecular weight is 217 g/mol. The molecule has 0 aliphatic rings. The van der Waals surface area contributed by atoms with E-state index in [9.17, 15) is 9.90 Å². The zero-order chi connectivity index (χ0) is 10.6. The maximum absolute atomic E-state index is 10.4. The number of methoxy groups -OCH3 is 1. The molecule has 1 aromatic rings. The fourth-order valence-corrected chi connectivity index (χ4v) is 1.11. The first kappa shape index (κ1) is 10.8. The van der Waals surface area contributed by atoms with Crippen LogP contribution in [0.3, 0.4) is 0 Å². The Morgan fingerprint density at radius 3 is 2.86 bits per heavy atom. The molecule has 0 bridgehead atoms. The van der Waals surface area contributed by atoms with E-state index < -0.39 is 0 Å². The first-order valence-electron chi connectivity index (χ1n) is 3.78. The number of phenols is 1. The second-order valence-electron chi connectivity index (χ2n) is 2.51. The van der Waals surface area contributed by atoms with Crippen molar-refractivity contribution in [1.82, 2.24) is 0 Å². The van der Waals surface area contributed by atoms with Crippen LogP contribution in [0, 0.1) is 0 Å². The van der Waals surface area contributed by atoms with Crippen molar-refractivity contribution in [2.75, 3.05) is 13.9 Å². The molecule has 1 rings (SSSR count). The Hall–Kier alpha value is -1.26. The molecule has 76 valence electrons. The van der Waals surface area contributed by atoms with Crippen LogP contribution in [0.1, 0.15) is 10.4 Å². The molecule has 4 nitrogen and oxygen atoms in total. The smallest absolute Gasteiger partial charge is 0.188 e. The van der Waals surface area contributed by atoms with E-state index in [1.807, 2.05) is 0 Å². The van der Waals surface area contributed by atoms with Gasteiger partial charge in [-0.1, -0.05) is 11.6 Å². The van der Waals surface area contributed by atoms with Crippen molar-refractivity contribution in [3.63, 3.8) is 0 Å². The third-order valence-electron chi connectivity index (χ3n) is 1.54. The van der Waals surface area contributed by atoms with Crippen molar-refractivity contribution in [2.24, 2.45) is 0 Å². The maximum atomic E-state index is 10.4. The summed E-state index contributed by atoms with van der Waals surface area (Å²) in [6.07, 6.45) is 0.515. The van der Waals surface area contributed by atoms with Crippen LogP contribution in [0.2, 0.25) is 5.02 Å². The summed E-state index contributed by atoms with van der Waals surface area (Å²) in [5, 5.41) is 9.56. The Bertz CT molecular complexity index is 338. The molecule has 14 heavy (non-hydrogen) atoms. The number of carbonyl (C=O) groups is 1. The molecule has 0 atom stereocenters. The molecule has 0 unspecified atom stereocenters. The first-order chi connectivity index (χ1) is 6.69. The zero-order valence-corrected chi connectivity index (χ0v) is 8.25. The van der Waals surface area contributed by atoms with Gasteiger partial charge in [0, 0.05) is 13.2 Å². The molecule has 0 amide bonds. The third kappa shape index (κ3) is 2.37. The van der Waals surface area contributed by atoms with Gasteiger partial charge in [0.15, 0.2) is 13.1 Å². The number of hydrogen-bond acceptors (Lipinski definition) is 4. The van der Waals surface area contributed by atoms with E-state index in [1.165, 1.54) is 19.2 Å². The Labute approximate surface area is 86.0 Å². The first-order valence-corrected chi connectivity index (χ1v) is 4.16. The van der Waals surface area contributed by atoms with Gasteiger partial charge < -0.3 is 14.6 Å². The standard InChI is InChI=1S/C9H9ClO4/c1-13-5-14-9-3-8(12)6(4-11)2-7(9)10/h2-4,12H,5H2,1H3. The Kier molecular flexibility index (Phi) is 3.73. The van der Waals surface area contributed by atoms with E-state index in [2.05, 4.69) is 4.74 Å². The molecular weight excluding hydrogens is 208 g/mol. The number of hydrogen-bond donors (Lipinski definition) is 1. The van der Waals surface area contributed by atoms with Crippen LogP contribution in [-0.4, -0.2) is 25.3 Å². The van der Waals surface area contributed by atoms with Crippen LogP contribution in [-0.2, 0) is 4.74 Å². The topological polar surface area (TPSA) is 55.8 Å². The van der Waals surface area contributed by atoms with E-state index in [1.54, 1.807) is 0 Å². The Morgan fingerprint density at radius 2 is 2.29 bits per heavy atom. The van der Waals surface area contributed by atoms with Gasteiger partial charge in [-0.05, 0) is 6.07 Å².